The van der Waals surface area contributed by atoms with Crippen molar-refractivity contribution in [1.82, 2.24) is 4.90 Å². The summed E-state index contributed by atoms with van der Waals surface area (Å²) in [7, 11) is 1.70. The average molecular weight is 272 g/mol. The number of hydrogen-bond donors (Lipinski definition) is 1. The minimum Gasteiger partial charge on any atom is -0.444 e. The fourth-order valence-electron chi connectivity index (χ4n) is 2.42. The van der Waals surface area contributed by atoms with Gasteiger partial charge in [0.25, 0.3) is 0 Å². The summed E-state index contributed by atoms with van der Waals surface area (Å²) >= 11 is 0. The lowest BCUT2D eigenvalue weighted by Gasteiger charge is -2.41. The number of nitrogens with two attached hydrogens (primary N) is 1. The summed E-state index contributed by atoms with van der Waals surface area (Å²) in [6, 6.07) is 0. The van der Waals surface area contributed by atoms with Gasteiger partial charge in [0.05, 0.1) is 5.60 Å². The molecule has 1 aliphatic rings. The zero-order valence-corrected chi connectivity index (χ0v) is 12.9. The number of nitrogens with zero attached hydrogens (tertiary/aromatic N) is 1. The Bertz CT molecular complexity index is 300. The molecule has 1 saturated heterocycles. The van der Waals surface area contributed by atoms with Crippen LogP contribution in [0.25, 0.3) is 0 Å². The molecule has 1 fully saturated rings. The number of hydrogen-bond acceptors (Lipinski definition) is 4. The molecule has 5 nitrogen and oxygen atoms in total. The highest BCUT2D eigenvalue weighted by atomic mass is 16.6. The van der Waals surface area contributed by atoms with Crippen LogP contribution in [0.3, 0.4) is 0 Å². The zero-order chi connectivity index (χ0) is 14.7. The van der Waals surface area contributed by atoms with Crippen molar-refractivity contribution in [1.29, 1.82) is 0 Å². The summed E-state index contributed by atoms with van der Waals surface area (Å²) < 4.78 is 10.9. The van der Waals surface area contributed by atoms with Crippen molar-refractivity contribution >= 4 is 6.09 Å². The molecule has 0 spiro atoms. The number of methoxy groups -OCH3 is 1. The van der Waals surface area contributed by atoms with Crippen LogP contribution in [-0.2, 0) is 9.47 Å². The van der Waals surface area contributed by atoms with Gasteiger partial charge in [0.15, 0.2) is 0 Å². The average Bonchev–Trinajstić information content (AvgIpc) is 2.36. The lowest BCUT2D eigenvalue weighted by atomic mass is 9.81. The summed E-state index contributed by atoms with van der Waals surface area (Å²) in [5.74, 6) is 0.390. The Morgan fingerprint density at radius 1 is 1.26 bits per heavy atom. The highest BCUT2D eigenvalue weighted by Crippen LogP contribution is 2.30. The molecule has 0 aliphatic carbocycles. The van der Waals surface area contributed by atoms with Gasteiger partial charge in [0.1, 0.15) is 5.60 Å². The molecule has 0 saturated carbocycles. The van der Waals surface area contributed by atoms with Crippen molar-refractivity contribution in [2.24, 2.45) is 11.7 Å². The molecule has 1 atom stereocenters. The van der Waals surface area contributed by atoms with E-state index in [1.165, 1.54) is 0 Å². The van der Waals surface area contributed by atoms with Crippen LogP contribution in [0.5, 0.6) is 0 Å². The van der Waals surface area contributed by atoms with Crippen LogP contribution in [-0.4, -0.2) is 48.9 Å². The number of rotatable bonds is 3. The maximum absolute atomic E-state index is 12.0. The van der Waals surface area contributed by atoms with Crippen molar-refractivity contribution in [2.45, 2.75) is 51.7 Å². The number of piperidine rings is 1. The van der Waals surface area contributed by atoms with Gasteiger partial charge in [0.2, 0.25) is 0 Å². The molecule has 0 aromatic heterocycles. The van der Waals surface area contributed by atoms with Crippen LogP contribution in [0.15, 0.2) is 0 Å². The molecule has 5 heteroatoms. The van der Waals surface area contributed by atoms with E-state index in [4.69, 9.17) is 15.2 Å². The first kappa shape index (κ1) is 16.2. The quantitative estimate of drug-likeness (QED) is 0.853. The Kier molecular flexibility index (Phi) is 5.21. The van der Waals surface area contributed by atoms with Crippen LogP contribution in [0, 0.1) is 5.92 Å². The molecule has 0 bridgehead atoms. The Labute approximate surface area is 116 Å². The van der Waals surface area contributed by atoms with Gasteiger partial charge in [-0.3, -0.25) is 0 Å². The van der Waals surface area contributed by atoms with E-state index >= 15 is 0 Å². The minimum absolute atomic E-state index is 0.224. The summed E-state index contributed by atoms with van der Waals surface area (Å²) in [6.07, 6.45) is 1.58. The number of likely N-dealkylation sites (tertiary alicyclic amines) is 1. The van der Waals surface area contributed by atoms with Crippen molar-refractivity contribution in [2.75, 3.05) is 26.7 Å². The van der Waals surface area contributed by atoms with E-state index < -0.39 is 5.60 Å². The molecule has 1 heterocycles. The van der Waals surface area contributed by atoms with E-state index in [0.717, 1.165) is 12.8 Å². The predicted molar refractivity (Wildman–Crippen MR) is 75.0 cm³/mol. The second kappa shape index (κ2) is 6.09. The van der Waals surface area contributed by atoms with Crippen LogP contribution < -0.4 is 5.73 Å². The second-order valence-electron chi connectivity index (χ2n) is 6.46. The van der Waals surface area contributed by atoms with Crippen molar-refractivity contribution in [3.05, 3.63) is 0 Å². The summed E-state index contributed by atoms with van der Waals surface area (Å²) in [5.41, 5.74) is 5.07. The van der Waals surface area contributed by atoms with Gasteiger partial charge in [-0.1, -0.05) is 0 Å². The molecule has 0 aromatic carbocycles. The third-order valence-corrected chi connectivity index (χ3v) is 3.88. The third-order valence-electron chi connectivity index (χ3n) is 3.88. The lowest BCUT2D eigenvalue weighted by Crippen LogP contribution is -2.50. The fourth-order valence-corrected chi connectivity index (χ4v) is 2.42. The van der Waals surface area contributed by atoms with Gasteiger partial charge < -0.3 is 20.1 Å². The smallest absolute Gasteiger partial charge is 0.410 e. The Balaban J connectivity index is 2.51. The normalized spacial score (nSPS) is 21.1. The largest absolute Gasteiger partial charge is 0.444 e. The first-order chi connectivity index (χ1) is 8.72. The molecule has 1 amide bonds. The highest BCUT2D eigenvalue weighted by molar-refractivity contribution is 5.68. The molecule has 0 radical (unpaired) electrons. The monoisotopic (exact) mass is 272 g/mol. The van der Waals surface area contributed by atoms with Gasteiger partial charge >= 0.3 is 6.09 Å². The third kappa shape index (κ3) is 4.35. The van der Waals surface area contributed by atoms with Gasteiger partial charge in [-0.15, -0.1) is 0 Å². The van der Waals surface area contributed by atoms with Crippen LogP contribution in [0.2, 0.25) is 0 Å². The van der Waals surface area contributed by atoms with Gasteiger partial charge in [-0.2, -0.15) is 0 Å². The Morgan fingerprint density at radius 2 is 1.79 bits per heavy atom. The molecule has 0 aromatic rings. The number of amides is 1. The summed E-state index contributed by atoms with van der Waals surface area (Å²) in [5, 5.41) is 0. The standard InChI is InChI=1S/C14H28N2O3/c1-13(2,3)19-12(17)16-8-6-11(7-9-16)14(4,10-15)18-5/h11H,6-10,15H2,1-5H3. The number of ether oxygens (including phenoxy) is 2. The maximum atomic E-state index is 12.0. The van der Waals surface area contributed by atoms with E-state index in [1.807, 2.05) is 27.7 Å². The molecule has 19 heavy (non-hydrogen) atoms. The minimum atomic E-state index is -0.438. The summed E-state index contributed by atoms with van der Waals surface area (Å²) in [4.78, 5) is 13.7. The first-order valence-electron chi connectivity index (χ1n) is 6.95. The van der Waals surface area contributed by atoms with Crippen LogP contribution in [0.1, 0.15) is 40.5 Å². The molecule has 112 valence electrons. The maximum Gasteiger partial charge on any atom is 0.410 e. The fraction of sp³-hybridized carbons (Fsp3) is 0.929. The van der Waals surface area contributed by atoms with E-state index in [9.17, 15) is 4.79 Å². The highest BCUT2D eigenvalue weighted by Gasteiger charge is 2.37. The topological polar surface area (TPSA) is 64.8 Å². The Hall–Kier alpha value is -0.810. The lowest BCUT2D eigenvalue weighted by molar-refractivity contribution is -0.0577. The Morgan fingerprint density at radius 3 is 2.16 bits per heavy atom. The van der Waals surface area contributed by atoms with Crippen LogP contribution >= 0.6 is 0 Å². The predicted octanol–water partition coefficient (Wildman–Crippen LogP) is 2.00. The van der Waals surface area contributed by atoms with Gasteiger partial charge in [-0.05, 0) is 46.5 Å². The van der Waals surface area contributed by atoms with Crippen LogP contribution in [0.4, 0.5) is 4.79 Å². The van der Waals surface area contributed by atoms with Crippen molar-refractivity contribution < 1.29 is 14.3 Å². The molecular weight excluding hydrogens is 244 g/mol. The second-order valence-corrected chi connectivity index (χ2v) is 6.46. The molecular formula is C14H28N2O3. The molecule has 1 unspecified atom stereocenters. The molecule has 2 N–H and O–H groups in total. The van der Waals surface area contributed by atoms with E-state index in [-0.39, 0.29) is 11.7 Å². The number of carbonyl (C=O) groups excluding carboxylic acids is 1. The number of carbonyl (C=O) groups is 1. The van der Waals surface area contributed by atoms with Gasteiger partial charge in [0, 0.05) is 26.7 Å². The van der Waals surface area contributed by atoms with Crippen molar-refractivity contribution in [3.8, 4) is 0 Å². The SMILES string of the molecule is COC(C)(CN)C1CCN(C(=O)OC(C)(C)C)CC1. The molecule has 1 aliphatic heterocycles. The van der Waals surface area contributed by atoms with E-state index in [0.29, 0.717) is 25.6 Å². The first-order valence-corrected chi connectivity index (χ1v) is 6.95. The van der Waals surface area contributed by atoms with Gasteiger partial charge in [-0.25, -0.2) is 4.79 Å². The van der Waals surface area contributed by atoms with Crippen molar-refractivity contribution in [3.63, 3.8) is 0 Å². The zero-order valence-electron chi connectivity index (χ0n) is 12.9. The summed E-state index contributed by atoms with van der Waals surface area (Å²) in [6.45, 7) is 9.61. The van der Waals surface area contributed by atoms with E-state index in [1.54, 1.807) is 12.0 Å². The van der Waals surface area contributed by atoms with E-state index in [2.05, 4.69) is 0 Å². The molecule has 1 rings (SSSR count).